The highest BCUT2D eigenvalue weighted by Crippen LogP contribution is 2.40. The largest absolute Gasteiger partial charge is 0.326 e. The Bertz CT molecular complexity index is 1120. The number of carbonyl (C=O) groups is 1. The minimum atomic E-state index is -0.463. The predicted octanol–water partition coefficient (Wildman–Crippen LogP) is 4.92. The molecule has 7 heteroatoms. The van der Waals surface area contributed by atoms with Gasteiger partial charge >= 0.3 is 0 Å². The van der Waals surface area contributed by atoms with E-state index in [0.717, 1.165) is 11.3 Å². The van der Waals surface area contributed by atoms with Crippen molar-refractivity contribution in [3.63, 3.8) is 0 Å². The van der Waals surface area contributed by atoms with Gasteiger partial charge in [-0.3, -0.25) is 4.79 Å². The van der Waals surface area contributed by atoms with Crippen LogP contribution in [0.15, 0.2) is 65.6 Å². The zero-order valence-corrected chi connectivity index (χ0v) is 16.4. The highest BCUT2D eigenvalue weighted by atomic mass is 32.1. The predicted molar refractivity (Wildman–Crippen MR) is 109 cm³/mol. The quantitative estimate of drug-likeness (QED) is 0.482. The summed E-state index contributed by atoms with van der Waals surface area (Å²) in [7, 11) is 0. The lowest BCUT2D eigenvalue weighted by atomic mass is 9.97. The first-order valence-corrected chi connectivity index (χ1v) is 10.7. The van der Waals surface area contributed by atoms with Gasteiger partial charge < -0.3 is 4.90 Å². The van der Waals surface area contributed by atoms with E-state index in [1.54, 1.807) is 53.3 Å². The van der Waals surface area contributed by atoms with Gasteiger partial charge in [0.15, 0.2) is 0 Å². The highest BCUT2D eigenvalue weighted by Gasteiger charge is 2.34. The van der Waals surface area contributed by atoms with Crippen LogP contribution in [0.5, 0.6) is 0 Å². The molecule has 0 aliphatic carbocycles. The standard InChI is InChI=1S/C21H16FN3OS2/c22-16-13-14(4-5-17(16)25-9-2-8-23-25)21(26)24-10-6-18-15(7-12-28-18)20(24)19-3-1-11-27-19/h1-5,7-9,11-13,20H,6,10H2. The van der Waals surface area contributed by atoms with Gasteiger partial charge in [-0.05, 0) is 59.1 Å². The summed E-state index contributed by atoms with van der Waals surface area (Å²) in [5.41, 5.74) is 1.87. The van der Waals surface area contributed by atoms with Crippen LogP contribution in [0.25, 0.3) is 5.69 Å². The molecule has 1 amide bonds. The summed E-state index contributed by atoms with van der Waals surface area (Å²) in [6.45, 7) is 0.622. The van der Waals surface area contributed by atoms with E-state index >= 15 is 0 Å². The average molecular weight is 410 g/mol. The van der Waals surface area contributed by atoms with Crippen LogP contribution in [0.2, 0.25) is 0 Å². The summed E-state index contributed by atoms with van der Waals surface area (Å²) in [4.78, 5) is 17.6. The molecule has 1 unspecified atom stereocenters. The Labute approximate surface area is 169 Å². The molecule has 4 nitrogen and oxygen atoms in total. The summed E-state index contributed by atoms with van der Waals surface area (Å²) >= 11 is 3.38. The van der Waals surface area contributed by atoms with Crippen LogP contribution in [-0.2, 0) is 6.42 Å². The molecule has 5 rings (SSSR count). The second-order valence-corrected chi connectivity index (χ2v) is 8.56. The van der Waals surface area contributed by atoms with Gasteiger partial charge in [-0.2, -0.15) is 5.10 Å². The van der Waals surface area contributed by atoms with Crippen LogP contribution in [0, 0.1) is 5.82 Å². The van der Waals surface area contributed by atoms with Gasteiger partial charge in [-0.1, -0.05) is 6.07 Å². The smallest absolute Gasteiger partial charge is 0.254 e. The van der Waals surface area contributed by atoms with Crippen LogP contribution in [0.4, 0.5) is 4.39 Å². The van der Waals surface area contributed by atoms with Gasteiger partial charge in [-0.25, -0.2) is 9.07 Å². The third kappa shape index (κ3) is 2.87. The Hall–Kier alpha value is -2.77. The van der Waals surface area contributed by atoms with Crippen molar-refractivity contribution in [1.29, 1.82) is 0 Å². The molecule has 0 saturated heterocycles. The number of halogens is 1. The third-order valence-corrected chi connectivity index (χ3v) is 6.91. The van der Waals surface area contributed by atoms with Gasteiger partial charge in [0.1, 0.15) is 11.5 Å². The van der Waals surface area contributed by atoms with Crippen molar-refractivity contribution < 1.29 is 9.18 Å². The molecule has 0 bridgehead atoms. The number of thiophene rings is 2. The van der Waals surface area contributed by atoms with Crippen molar-refractivity contribution in [3.8, 4) is 5.69 Å². The first kappa shape index (κ1) is 17.3. The molecule has 1 aromatic carbocycles. The van der Waals surface area contributed by atoms with Crippen LogP contribution in [-0.4, -0.2) is 27.1 Å². The van der Waals surface area contributed by atoms with Gasteiger partial charge in [-0.15, -0.1) is 22.7 Å². The number of fused-ring (bicyclic) bond motifs is 1. The van der Waals surface area contributed by atoms with Crippen molar-refractivity contribution in [2.45, 2.75) is 12.5 Å². The normalized spacial score (nSPS) is 16.2. The second-order valence-electron chi connectivity index (χ2n) is 6.58. The van der Waals surface area contributed by atoms with Crippen LogP contribution < -0.4 is 0 Å². The van der Waals surface area contributed by atoms with E-state index in [0.29, 0.717) is 17.8 Å². The molecule has 0 N–H and O–H groups in total. The van der Waals surface area contributed by atoms with E-state index in [4.69, 9.17) is 0 Å². The van der Waals surface area contributed by atoms with Gasteiger partial charge in [0.2, 0.25) is 0 Å². The first-order chi connectivity index (χ1) is 13.7. The Kier molecular flexibility index (Phi) is 4.33. The number of hydrogen-bond donors (Lipinski definition) is 0. The van der Waals surface area contributed by atoms with Gasteiger partial charge in [0.05, 0.1) is 6.04 Å². The molecule has 0 saturated carbocycles. The number of rotatable bonds is 3. The second kappa shape index (κ2) is 7.00. The molecule has 1 aliphatic rings. The zero-order chi connectivity index (χ0) is 19.1. The van der Waals surface area contributed by atoms with Crippen LogP contribution in [0.3, 0.4) is 0 Å². The van der Waals surface area contributed by atoms with Crippen molar-refractivity contribution in [2.24, 2.45) is 0 Å². The topological polar surface area (TPSA) is 38.1 Å². The molecule has 28 heavy (non-hydrogen) atoms. The summed E-state index contributed by atoms with van der Waals surface area (Å²) < 4.78 is 16.1. The number of amides is 1. The molecule has 4 aromatic rings. The molecular formula is C21H16FN3OS2. The first-order valence-electron chi connectivity index (χ1n) is 8.92. The number of hydrogen-bond acceptors (Lipinski definition) is 4. The summed E-state index contributed by atoms with van der Waals surface area (Å²) in [6, 6.07) is 12.4. The fraction of sp³-hybridized carbons (Fsp3) is 0.143. The molecule has 140 valence electrons. The molecule has 0 fully saturated rings. The Morgan fingerprint density at radius 3 is 2.82 bits per heavy atom. The maximum Gasteiger partial charge on any atom is 0.254 e. The fourth-order valence-electron chi connectivity index (χ4n) is 3.69. The SMILES string of the molecule is O=C(c1ccc(-n2cccn2)c(F)c1)N1CCc2sccc2C1c1cccs1. The number of nitrogens with zero attached hydrogens (tertiary/aromatic N) is 3. The average Bonchev–Trinajstić information content (AvgIpc) is 3.48. The Morgan fingerprint density at radius 2 is 2.07 bits per heavy atom. The molecule has 0 radical (unpaired) electrons. The molecule has 1 atom stereocenters. The lowest BCUT2D eigenvalue weighted by molar-refractivity contribution is 0.0698. The number of benzene rings is 1. The minimum absolute atomic E-state index is 0.114. The van der Waals surface area contributed by atoms with Crippen molar-refractivity contribution in [3.05, 3.63) is 92.3 Å². The maximum atomic E-state index is 14.7. The van der Waals surface area contributed by atoms with E-state index in [-0.39, 0.29) is 11.9 Å². The Balaban J connectivity index is 1.51. The third-order valence-electron chi connectivity index (χ3n) is 4.99. The fourth-order valence-corrected chi connectivity index (χ4v) is 5.45. The van der Waals surface area contributed by atoms with Crippen molar-refractivity contribution >= 4 is 28.6 Å². The molecule has 4 heterocycles. The number of carbonyl (C=O) groups excluding carboxylic acids is 1. The number of aromatic nitrogens is 2. The van der Waals surface area contributed by atoms with Crippen LogP contribution in [0.1, 0.15) is 31.7 Å². The van der Waals surface area contributed by atoms with Crippen LogP contribution >= 0.6 is 22.7 Å². The summed E-state index contributed by atoms with van der Waals surface area (Å²) in [5, 5.41) is 8.17. The molecule has 0 spiro atoms. The highest BCUT2D eigenvalue weighted by molar-refractivity contribution is 7.10. The van der Waals surface area contributed by atoms with Gasteiger partial charge in [0.25, 0.3) is 5.91 Å². The van der Waals surface area contributed by atoms with Crippen molar-refractivity contribution in [1.82, 2.24) is 14.7 Å². The van der Waals surface area contributed by atoms with E-state index in [2.05, 4.69) is 22.6 Å². The van der Waals surface area contributed by atoms with Crippen molar-refractivity contribution in [2.75, 3.05) is 6.54 Å². The lowest BCUT2D eigenvalue weighted by Crippen LogP contribution is -2.39. The van der Waals surface area contributed by atoms with E-state index < -0.39 is 5.82 Å². The zero-order valence-electron chi connectivity index (χ0n) is 14.8. The van der Waals surface area contributed by atoms with E-state index in [9.17, 15) is 9.18 Å². The molecular weight excluding hydrogens is 393 g/mol. The van der Waals surface area contributed by atoms with E-state index in [1.807, 2.05) is 16.3 Å². The van der Waals surface area contributed by atoms with Gasteiger partial charge in [0, 0.05) is 34.3 Å². The summed E-state index contributed by atoms with van der Waals surface area (Å²) in [5.74, 6) is -0.614. The molecule has 3 aromatic heterocycles. The molecule has 1 aliphatic heterocycles. The minimum Gasteiger partial charge on any atom is -0.326 e. The maximum absolute atomic E-state index is 14.7. The summed E-state index contributed by atoms with van der Waals surface area (Å²) in [6.07, 6.45) is 4.10. The lowest BCUT2D eigenvalue weighted by Gasteiger charge is -2.35. The Morgan fingerprint density at radius 1 is 1.14 bits per heavy atom. The monoisotopic (exact) mass is 409 g/mol. The van der Waals surface area contributed by atoms with E-state index in [1.165, 1.54) is 21.2 Å².